The summed E-state index contributed by atoms with van der Waals surface area (Å²) in [6, 6.07) is 23.3. The minimum Gasteiger partial charge on any atom is -0.489 e. The van der Waals surface area contributed by atoms with Gasteiger partial charge in [-0.25, -0.2) is 4.68 Å². The summed E-state index contributed by atoms with van der Waals surface area (Å²) in [4.78, 5) is 16.0. The van der Waals surface area contributed by atoms with E-state index in [1.165, 1.54) is 18.2 Å². The van der Waals surface area contributed by atoms with Gasteiger partial charge in [0.1, 0.15) is 16.7 Å². The zero-order valence-electron chi connectivity index (χ0n) is 22.1. The predicted molar refractivity (Wildman–Crippen MR) is 172 cm³/mol. The van der Waals surface area contributed by atoms with Crippen molar-refractivity contribution in [3.8, 4) is 22.7 Å². The molecule has 3 aromatic carbocycles. The Hall–Kier alpha value is -3.10. The molecule has 1 saturated heterocycles. The topological polar surface area (TPSA) is 47.4 Å². The number of ether oxygens (including phenoxy) is 1. The number of benzene rings is 3. The van der Waals surface area contributed by atoms with Crippen molar-refractivity contribution in [1.82, 2.24) is 14.7 Å². The van der Waals surface area contributed by atoms with Crippen LogP contribution in [0.3, 0.4) is 0 Å². The molecule has 0 radical (unpaired) electrons. The number of hydrogen-bond acceptors (Lipinski definition) is 5. The lowest BCUT2D eigenvalue weighted by molar-refractivity contribution is -0.124. The fourth-order valence-electron chi connectivity index (χ4n) is 5.21. The van der Waals surface area contributed by atoms with Crippen molar-refractivity contribution in [2.45, 2.75) is 44.8 Å². The summed E-state index contributed by atoms with van der Waals surface area (Å²) in [5.41, 5.74) is 4.31. The molecule has 2 heterocycles. The first-order valence-electron chi connectivity index (χ1n) is 13.6. The van der Waals surface area contributed by atoms with Crippen LogP contribution in [-0.4, -0.2) is 30.9 Å². The van der Waals surface area contributed by atoms with Crippen molar-refractivity contribution in [3.05, 3.63) is 105 Å². The first kappa shape index (κ1) is 28.0. The first-order valence-corrected chi connectivity index (χ1v) is 15.5. The van der Waals surface area contributed by atoms with Crippen LogP contribution in [-0.2, 0) is 11.4 Å². The number of rotatable bonds is 7. The standard InChI is InChI=1S/C32H27Cl2N3O2S2/c33-24-14-11-22(28(34)18-24)20-39-27-15-12-21(13-16-27)30-23(19-36(35-30)25-7-3-1-4-8-25)17-29-31(38)37(32(40)41-29)26-9-5-2-6-10-26/h1,3-4,7-8,11-19,26H,2,5-6,9-10,20H2/b29-17-. The molecule has 6 rings (SSSR count). The van der Waals surface area contributed by atoms with Crippen molar-refractivity contribution in [1.29, 1.82) is 0 Å². The van der Waals surface area contributed by atoms with Crippen LogP contribution in [0.5, 0.6) is 5.75 Å². The van der Waals surface area contributed by atoms with Crippen molar-refractivity contribution in [2.24, 2.45) is 0 Å². The van der Waals surface area contributed by atoms with E-state index < -0.39 is 0 Å². The Kier molecular flexibility index (Phi) is 8.49. The molecule has 1 amide bonds. The normalized spacial score (nSPS) is 17.0. The van der Waals surface area contributed by atoms with Crippen LogP contribution in [0, 0.1) is 0 Å². The number of nitrogens with zero attached hydrogens (tertiary/aromatic N) is 3. The number of carbonyl (C=O) groups is 1. The van der Waals surface area contributed by atoms with Crippen molar-refractivity contribution >= 4 is 63.5 Å². The number of hydrogen-bond donors (Lipinski definition) is 0. The Labute approximate surface area is 259 Å². The van der Waals surface area contributed by atoms with Gasteiger partial charge < -0.3 is 4.74 Å². The van der Waals surface area contributed by atoms with Gasteiger partial charge in [0.15, 0.2) is 0 Å². The van der Waals surface area contributed by atoms with Crippen LogP contribution in [0.4, 0.5) is 0 Å². The van der Waals surface area contributed by atoms with E-state index in [2.05, 4.69) is 0 Å². The molecule has 9 heteroatoms. The van der Waals surface area contributed by atoms with E-state index in [1.807, 2.05) is 82.5 Å². The summed E-state index contributed by atoms with van der Waals surface area (Å²) in [5.74, 6) is 0.701. The van der Waals surface area contributed by atoms with Crippen molar-refractivity contribution < 1.29 is 9.53 Å². The van der Waals surface area contributed by atoms with E-state index in [0.29, 0.717) is 31.6 Å². The maximum absolute atomic E-state index is 13.5. The molecule has 0 bridgehead atoms. The molecule has 1 aliphatic carbocycles. The van der Waals surface area contributed by atoms with Gasteiger partial charge in [-0.1, -0.05) is 90.7 Å². The molecule has 0 unspecified atom stereocenters. The Morgan fingerprint density at radius 1 is 1.00 bits per heavy atom. The van der Waals surface area contributed by atoms with E-state index in [0.717, 1.165) is 53.8 Å². The maximum Gasteiger partial charge on any atom is 0.266 e. The molecule has 5 nitrogen and oxygen atoms in total. The quantitative estimate of drug-likeness (QED) is 0.153. The Balaban J connectivity index is 1.28. The van der Waals surface area contributed by atoms with Crippen molar-refractivity contribution in [2.75, 3.05) is 0 Å². The molecule has 0 N–H and O–H groups in total. The number of aromatic nitrogens is 2. The third kappa shape index (κ3) is 6.24. The molecular weight excluding hydrogens is 593 g/mol. The summed E-state index contributed by atoms with van der Waals surface area (Å²) in [6.07, 6.45) is 9.41. The lowest BCUT2D eigenvalue weighted by atomic mass is 9.94. The number of para-hydroxylation sites is 1. The second-order valence-corrected chi connectivity index (χ2v) is 12.6. The number of thiocarbonyl (C=S) groups is 1. The van der Waals surface area contributed by atoms with Crippen LogP contribution in [0.15, 0.2) is 83.9 Å². The molecule has 41 heavy (non-hydrogen) atoms. The van der Waals surface area contributed by atoms with E-state index in [4.69, 9.17) is 45.3 Å². The average Bonchev–Trinajstić information content (AvgIpc) is 3.53. The van der Waals surface area contributed by atoms with E-state index in [-0.39, 0.29) is 11.9 Å². The second-order valence-electron chi connectivity index (χ2n) is 10.1. The minimum absolute atomic E-state index is 0.00470. The van der Waals surface area contributed by atoms with Crippen LogP contribution in [0.2, 0.25) is 10.0 Å². The molecule has 2 fully saturated rings. The van der Waals surface area contributed by atoms with Gasteiger partial charge in [0, 0.05) is 39.0 Å². The summed E-state index contributed by atoms with van der Waals surface area (Å²) in [6.45, 7) is 0.325. The summed E-state index contributed by atoms with van der Waals surface area (Å²) < 4.78 is 8.47. The highest BCUT2D eigenvalue weighted by Crippen LogP contribution is 2.38. The van der Waals surface area contributed by atoms with Gasteiger partial charge in [-0.05, 0) is 67.4 Å². The van der Waals surface area contributed by atoms with Gasteiger partial charge in [-0.15, -0.1) is 0 Å². The molecule has 0 atom stereocenters. The minimum atomic E-state index is -0.00470. The molecule has 1 aliphatic heterocycles. The third-order valence-electron chi connectivity index (χ3n) is 7.35. The number of halogens is 2. The number of thioether (sulfide) groups is 1. The predicted octanol–water partition coefficient (Wildman–Crippen LogP) is 8.96. The second kappa shape index (κ2) is 12.4. The third-order valence-corrected chi connectivity index (χ3v) is 9.27. The van der Waals surface area contributed by atoms with Gasteiger partial charge in [0.25, 0.3) is 5.91 Å². The average molecular weight is 621 g/mol. The van der Waals surface area contributed by atoms with Gasteiger partial charge in [-0.3, -0.25) is 9.69 Å². The lowest BCUT2D eigenvalue weighted by Crippen LogP contribution is -2.39. The van der Waals surface area contributed by atoms with Crippen LogP contribution in [0.25, 0.3) is 23.0 Å². The molecular formula is C32H27Cl2N3O2S2. The fourth-order valence-corrected chi connectivity index (χ4v) is 7.07. The van der Waals surface area contributed by atoms with E-state index >= 15 is 0 Å². The highest BCUT2D eigenvalue weighted by Gasteiger charge is 2.37. The summed E-state index contributed by atoms with van der Waals surface area (Å²) >= 11 is 19.4. The maximum atomic E-state index is 13.5. The summed E-state index contributed by atoms with van der Waals surface area (Å²) in [7, 11) is 0. The molecule has 208 valence electrons. The summed E-state index contributed by atoms with van der Waals surface area (Å²) in [5, 5.41) is 6.08. The molecule has 0 spiro atoms. The zero-order valence-corrected chi connectivity index (χ0v) is 25.3. The zero-order chi connectivity index (χ0) is 28.3. The van der Waals surface area contributed by atoms with Gasteiger partial charge in [-0.2, -0.15) is 5.10 Å². The Morgan fingerprint density at radius 3 is 2.49 bits per heavy atom. The first-order chi connectivity index (χ1) is 20.0. The van der Waals surface area contributed by atoms with E-state index in [9.17, 15) is 4.79 Å². The monoisotopic (exact) mass is 619 g/mol. The number of carbonyl (C=O) groups excluding carboxylic acids is 1. The molecule has 4 aromatic rings. The molecule has 1 saturated carbocycles. The number of amides is 1. The van der Waals surface area contributed by atoms with Gasteiger partial charge in [0.05, 0.1) is 16.3 Å². The van der Waals surface area contributed by atoms with Gasteiger partial charge >= 0.3 is 0 Å². The molecule has 2 aliphatic rings. The molecule has 1 aromatic heterocycles. The van der Waals surface area contributed by atoms with E-state index in [1.54, 1.807) is 12.1 Å². The van der Waals surface area contributed by atoms with Crippen LogP contribution in [0.1, 0.15) is 43.2 Å². The van der Waals surface area contributed by atoms with Crippen LogP contribution >= 0.6 is 47.2 Å². The Bertz CT molecular complexity index is 1610. The Morgan fingerprint density at radius 2 is 1.76 bits per heavy atom. The highest BCUT2D eigenvalue weighted by molar-refractivity contribution is 8.26. The fraction of sp³-hybridized carbons (Fsp3) is 0.219. The van der Waals surface area contributed by atoms with Gasteiger partial charge in [0.2, 0.25) is 0 Å². The SMILES string of the molecule is O=C1/C(=C/c2cn(-c3ccccc3)nc2-c2ccc(OCc3ccc(Cl)cc3Cl)cc2)SC(=S)N1C1CCCCC1. The highest BCUT2D eigenvalue weighted by atomic mass is 35.5. The van der Waals surface area contributed by atoms with Crippen molar-refractivity contribution in [3.63, 3.8) is 0 Å². The largest absolute Gasteiger partial charge is 0.489 e. The smallest absolute Gasteiger partial charge is 0.266 e. The lowest BCUT2D eigenvalue weighted by Gasteiger charge is -2.29. The van der Waals surface area contributed by atoms with Crippen LogP contribution < -0.4 is 4.74 Å².